The minimum absolute atomic E-state index is 0.0352. The number of nitrogens with two attached hydrogens (primary N) is 1. The lowest BCUT2D eigenvalue weighted by molar-refractivity contribution is -0.383. The van der Waals surface area contributed by atoms with Gasteiger partial charge in [-0.05, 0) is 30.3 Å². The summed E-state index contributed by atoms with van der Waals surface area (Å²) in [7, 11) is -2.94. The number of nitrogen functional groups attached to an aromatic ring is 1. The van der Waals surface area contributed by atoms with Gasteiger partial charge in [0, 0.05) is 26.4 Å². The number of nitrogens with zero attached hydrogens (tertiary/aromatic N) is 5. The lowest BCUT2D eigenvalue weighted by Gasteiger charge is -2.14. The van der Waals surface area contributed by atoms with Crippen molar-refractivity contribution in [2.45, 2.75) is 5.03 Å². The molecule has 0 saturated carbocycles. The molecule has 0 atom stereocenters. The van der Waals surface area contributed by atoms with E-state index in [4.69, 9.17) is 46.4 Å². The van der Waals surface area contributed by atoms with Gasteiger partial charge in [0.05, 0.1) is 43.6 Å². The van der Waals surface area contributed by atoms with Crippen molar-refractivity contribution in [3.63, 3.8) is 0 Å². The number of carboxylic acids is 1. The average molecular weight is 844 g/mol. The molecule has 3 amide bonds. The third-order valence-electron chi connectivity index (χ3n) is 6.10. The highest BCUT2D eigenvalue weighted by Gasteiger charge is 2.27. The fourth-order valence-electron chi connectivity index (χ4n) is 3.70. The number of ether oxygens (including phenoxy) is 3. The molecule has 2 heterocycles. The largest absolute Gasteiger partial charge is 0.481 e. The standard InChI is InChI=1S/C15H18N6O6S.C12H9ClN2O3.C3H8NO5P/c1-21(2)13(22)9-6-5-7-16-12(9)28(24,25)20-15(23)19-14-17-10(26-3)8-11(18-14)27-4;13-11-10(18-8-4-2-1-3-5-8)7-6-9(12(11)14)15(16)17;5-3(6)1-4-2-10(7,8)9/h5-8H,1-4H3,(H2,17,18,19,20,23);1-7H,14H2;4H,1-2H2,(H,5,6)(H2,7,8,9). The molecule has 23 nitrogen and oxygen atoms in total. The summed E-state index contributed by atoms with van der Waals surface area (Å²) < 4.78 is 52.2. The van der Waals surface area contributed by atoms with Gasteiger partial charge in [0.15, 0.2) is 5.03 Å². The summed E-state index contributed by atoms with van der Waals surface area (Å²) in [5.41, 5.74) is 5.06. The highest BCUT2D eigenvalue weighted by atomic mass is 35.5. The van der Waals surface area contributed by atoms with Crippen molar-refractivity contribution in [1.82, 2.24) is 29.9 Å². The maximum absolute atomic E-state index is 12.5. The smallest absolute Gasteiger partial charge is 0.339 e. The minimum Gasteiger partial charge on any atom is -0.481 e. The Morgan fingerprint density at radius 3 is 2.14 bits per heavy atom. The lowest BCUT2D eigenvalue weighted by Crippen LogP contribution is -2.36. The molecule has 0 spiro atoms. The van der Waals surface area contributed by atoms with Crippen LogP contribution in [-0.4, -0.2) is 107 Å². The number of amides is 3. The Morgan fingerprint density at radius 2 is 1.62 bits per heavy atom. The quantitative estimate of drug-likeness (QED) is 0.0440. The number of carbonyl (C=O) groups is 3. The summed E-state index contributed by atoms with van der Waals surface area (Å²) in [4.78, 5) is 73.1. The van der Waals surface area contributed by atoms with E-state index in [9.17, 15) is 37.5 Å². The highest BCUT2D eigenvalue weighted by Crippen LogP contribution is 2.38. The van der Waals surface area contributed by atoms with Gasteiger partial charge in [-0.1, -0.05) is 29.8 Å². The van der Waals surface area contributed by atoms with E-state index in [1.54, 1.807) is 29.0 Å². The Labute approximate surface area is 323 Å². The van der Waals surface area contributed by atoms with Crippen molar-refractivity contribution in [3.8, 4) is 23.3 Å². The van der Waals surface area contributed by atoms with Crippen LogP contribution in [0, 0.1) is 10.1 Å². The topological polar surface area (TPSA) is 338 Å². The van der Waals surface area contributed by atoms with Crippen LogP contribution in [0.5, 0.6) is 23.3 Å². The molecule has 302 valence electrons. The molecule has 0 radical (unpaired) electrons. The molecule has 0 aliphatic carbocycles. The van der Waals surface area contributed by atoms with Gasteiger partial charge in [0.25, 0.3) is 21.6 Å². The van der Waals surface area contributed by atoms with Crippen LogP contribution in [0.1, 0.15) is 10.4 Å². The Hall–Kier alpha value is -6.17. The molecular weight excluding hydrogens is 809 g/mol. The van der Waals surface area contributed by atoms with Gasteiger partial charge in [0.1, 0.15) is 22.2 Å². The number of nitrogens with one attached hydrogen (secondary N) is 3. The average Bonchev–Trinajstić information content (AvgIpc) is 3.12. The number of rotatable bonds is 13. The van der Waals surface area contributed by atoms with Gasteiger partial charge in [-0.2, -0.15) is 18.4 Å². The maximum atomic E-state index is 12.5. The van der Waals surface area contributed by atoms with Crippen LogP contribution in [-0.2, 0) is 19.4 Å². The number of nitro benzene ring substituents is 1. The van der Waals surface area contributed by atoms with E-state index in [-0.39, 0.29) is 45.4 Å². The van der Waals surface area contributed by atoms with Gasteiger partial charge >= 0.3 is 19.6 Å². The number of methoxy groups -OCH3 is 2. The zero-order chi connectivity index (χ0) is 42.2. The number of carbonyl (C=O) groups excluding carboxylic acids is 2. The van der Waals surface area contributed by atoms with Crippen molar-refractivity contribution in [2.75, 3.05) is 52.2 Å². The summed E-state index contributed by atoms with van der Waals surface area (Å²) in [5, 5.41) is 22.3. The van der Waals surface area contributed by atoms with Crippen molar-refractivity contribution in [3.05, 3.63) is 87.6 Å². The molecule has 26 heteroatoms. The van der Waals surface area contributed by atoms with Crippen molar-refractivity contribution in [1.29, 1.82) is 0 Å². The fraction of sp³-hybridized carbons (Fsp3) is 0.200. The molecule has 0 bridgehead atoms. The van der Waals surface area contributed by atoms with Crippen LogP contribution >= 0.6 is 19.2 Å². The molecule has 0 saturated heterocycles. The molecule has 8 N–H and O–H groups in total. The van der Waals surface area contributed by atoms with Crippen LogP contribution in [0.15, 0.2) is 71.9 Å². The summed E-state index contributed by atoms with van der Waals surface area (Å²) in [6.45, 7) is -0.439. The van der Waals surface area contributed by atoms with E-state index >= 15 is 0 Å². The number of carboxylic acid groups (broad SMARTS) is 1. The van der Waals surface area contributed by atoms with Crippen LogP contribution in [0.3, 0.4) is 0 Å². The first-order valence-electron chi connectivity index (χ1n) is 15.1. The number of sulfonamides is 1. The van der Waals surface area contributed by atoms with E-state index in [0.29, 0.717) is 5.75 Å². The Morgan fingerprint density at radius 1 is 1.02 bits per heavy atom. The highest BCUT2D eigenvalue weighted by molar-refractivity contribution is 7.90. The van der Waals surface area contributed by atoms with E-state index in [2.05, 4.69) is 25.6 Å². The molecule has 0 unspecified atom stereocenters. The number of hydrogen-bond acceptors (Lipinski definition) is 16. The number of urea groups is 1. The SMILES string of the molecule is COc1cc(OC)nc(NC(=O)NS(=O)(=O)c2ncccc2C(=O)N(C)C)n1.Nc1c([N+](=O)[O-])ccc(Oc2ccccc2)c1Cl.O=C(O)CNCP(=O)(O)O. The van der Waals surface area contributed by atoms with Crippen LogP contribution in [0.4, 0.5) is 22.1 Å². The second-order valence-corrected chi connectivity index (χ2v) is 14.1. The Kier molecular flexibility index (Phi) is 17.3. The van der Waals surface area contributed by atoms with Gasteiger partial charge in [-0.3, -0.25) is 34.9 Å². The number of benzene rings is 2. The zero-order valence-corrected chi connectivity index (χ0v) is 32.1. The van der Waals surface area contributed by atoms with Gasteiger partial charge in [-0.15, -0.1) is 0 Å². The van der Waals surface area contributed by atoms with Crippen LogP contribution in [0.2, 0.25) is 5.02 Å². The van der Waals surface area contributed by atoms with Gasteiger partial charge in [0.2, 0.25) is 17.7 Å². The summed E-state index contributed by atoms with van der Waals surface area (Å²) in [6.07, 6.45) is 0.592. The molecule has 4 aromatic rings. The summed E-state index contributed by atoms with van der Waals surface area (Å²) in [5.74, 6) is -0.946. The lowest BCUT2D eigenvalue weighted by atomic mass is 10.2. The number of aromatic nitrogens is 3. The fourth-order valence-corrected chi connectivity index (χ4v) is 5.34. The summed E-state index contributed by atoms with van der Waals surface area (Å²) in [6, 6.07) is 14.5. The molecule has 0 fully saturated rings. The second-order valence-electron chi connectivity index (χ2n) is 10.5. The number of halogens is 1. The van der Waals surface area contributed by atoms with E-state index in [1.165, 1.54) is 69.7 Å². The minimum atomic E-state index is -4.46. The number of nitro groups is 1. The first-order chi connectivity index (χ1) is 26.2. The zero-order valence-electron chi connectivity index (χ0n) is 29.6. The molecule has 0 aliphatic rings. The molecule has 0 aliphatic heterocycles. The van der Waals surface area contributed by atoms with Crippen molar-refractivity contribution >= 4 is 64.5 Å². The van der Waals surface area contributed by atoms with E-state index in [1.807, 2.05) is 6.07 Å². The van der Waals surface area contributed by atoms with Gasteiger partial charge in [-0.25, -0.2) is 14.5 Å². The van der Waals surface area contributed by atoms with Crippen LogP contribution < -0.4 is 35.3 Å². The predicted molar refractivity (Wildman–Crippen MR) is 198 cm³/mol. The van der Waals surface area contributed by atoms with E-state index in [0.717, 1.165) is 0 Å². The maximum Gasteiger partial charge on any atom is 0.339 e. The predicted octanol–water partition coefficient (Wildman–Crippen LogP) is 2.52. The number of pyridine rings is 1. The Bertz CT molecular complexity index is 2160. The molecule has 56 heavy (non-hydrogen) atoms. The number of anilines is 2. The Balaban J connectivity index is 0.000000329. The number of para-hydroxylation sites is 1. The van der Waals surface area contributed by atoms with Crippen LogP contribution in [0.25, 0.3) is 0 Å². The van der Waals surface area contributed by atoms with Gasteiger partial charge < -0.3 is 39.7 Å². The first-order valence-corrected chi connectivity index (χ1v) is 18.7. The first kappa shape index (κ1) is 46.0. The number of aliphatic carboxylic acids is 1. The third-order valence-corrected chi connectivity index (χ3v) is 8.41. The van der Waals surface area contributed by atoms with E-state index < -0.39 is 58.3 Å². The molecule has 2 aromatic carbocycles. The normalized spacial score (nSPS) is 10.6. The second kappa shape index (κ2) is 21.1. The third kappa shape index (κ3) is 14.9. The van der Waals surface area contributed by atoms with Crippen molar-refractivity contribution in [2.24, 2.45) is 0 Å². The monoisotopic (exact) mass is 843 g/mol. The molecular formula is C30H35ClN9O14PS. The summed E-state index contributed by atoms with van der Waals surface area (Å²) >= 11 is 5.94. The molecule has 2 aromatic heterocycles. The number of hydrogen-bond donors (Lipinski definition) is 7. The molecule has 4 rings (SSSR count). The van der Waals surface area contributed by atoms with Crippen molar-refractivity contribution < 1.29 is 61.4 Å².